The minimum Gasteiger partial charge on any atom is -0.453 e. The summed E-state index contributed by atoms with van der Waals surface area (Å²) in [5, 5.41) is 2.31. The van der Waals surface area contributed by atoms with Crippen LogP contribution >= 0.6 is 0 Å². The average Bonchev–Trinajstić information content (AvgIpc) is 2.70. The Morgan fingerprint density at radius 2 is 2.11 bits per heavy atom. The molecule has 0 aromatic rings. The van der Waals surface area contributed by atoms with Crippen LogP contribution in [0.15, 0.2) is 11.7 Å². The second kappa shape index (κ2) is 5.79. The molecule has 1 N–H and O–H groups in total. The second-order valence-electron chi connectivity index (χ2n) is 4.24. The second-order valence-corrected chi connectivity index (χ2v) is 4.24. The first kappa shape index (κ1) is 14.4. The van der Waals surface area contributed by atoms with Crippen molar-refractivity contribution in [3.8, 4) is 0 Å². The van der Waals surface area contributed by atoms with Gasteiger partial charge in [-0.05, 0) is 20.3 Å². The zero-order chi connectivity index (χ0) is 13.9. The van der Waals surface area contributed by atoms with Gasteiger partial charge in [0.1, 0.15) is 6.04 Å². The van der Waals surface area contributed by atoms with Crippen molar-refractivity contribution < 1.29 is 23.1 Å². The fourth-order valence-corrected chi connectivity index (χ4v) is 1.87. The largest absolute Gasteiger partial charge is 0.453 e. The van der Waals surface area contributed by atoms with Gasteiger partial charge < -0.3 is 15.0 Å². The van der Waals surface area contributed by atoms with E-state index >= 15 is 0 Å². The first-order valence-corrected chi connectivity index (χ1v) is 5.54. The van der Waals surface area contributed by atoms with Crippen molar-refractivity contribution in [1.82, 2.24) is 10.2 Å². The van der Waals surface area contributed by atoms with Crippen molar-refractivity contribution in [2.24, 2.45) is 0 Å². The smallest absolute Gasteiger partial charge is 0.407 e. The molecule has 0 bridgehead atoms. The Morgan fingerprint density at radius 3 is 2.56 bits per heavy atom. The Bertz CT molecular complexity index is 380. The van der Waals surface area contributed by atoms with Crippen molar-refractivity contribution >= 4 is 12.0 Å². The van der Waals surface area contributed by atoms with Gasteiger partial charge in [-0.1, -0.05) is 0 Å². The number of ether oxygens (including phenoxy) is 1. The van der Waals surface area contributed by atoms with Gasteiger partial charge >= 0.3 is 6.09 Å². The van der Waals surface area contributed by atoms with Crippen LogP contribution in [-0.4, -0.2) is 42.6 Å². The fourth-order valence-electron chi connectivity index (χ4n) is 1.87. The van der Waals surface area contributed by atoms with Crippen LogP contribution in [0, 0.1) is 0 Å². The van der Waals surface area contributed by atoms with Gasteiger partial charge in [0, 0.05) is 18.2 Å². The maximum Gasteiger partial charge on any atom is 0.407 e. The van der Waals surface area contributed by atoms with E-state index in [1.165, 1.54) is 18.9 Å². The number of carbonyl (C=O) groups is 2. The molecule has 1 saturated heterocycles. The summed E-state index contributed by atoms with van der Waals surface area (Å²) < 4.78 is 29.3. The molecule has 0 aliphatic carbocycles. The van der Waals surface area contributed by atoms with Crippen LogP contribution in [0.2, 0.25) is 0 Å². The fraction of sp³-hybridized carbons (Fsp3) is 0.636. The Balaban J connectivity index is 2.68. The van der Waals surface area contributed by atoms with Crippen molar-refractivity contribution in [2.75, 3.05) is 13.7 Å². The molecule has 1 aliphatic rings. The summed E-state index contributed by atoms with van der Waals surface area (Å²) in [5.41, 5.74) is -0.0267. The molecule has 5 nitrogen and oxygen atoms in total. The highest BCUT2D eigenvalue weighted by Gasteiger charge is 2.33. The Kier molecular flexibility index (Phi) is 4.63. The summed E-state index contributed by atoms with van der Waals surface area (Å²) in [6.45, 7) is 3.09. The molecule has 102 valence electrons. The highest BCUT2D eigenvalue weighted by Crippen LogP contribution is 2.26. The number of halogens is 2. The van der Waals surface area contributed by atoms with E-state index in [9.17, 15) is 18.4 Å². The van der Waals surface area contributed by atoms with E-state index in [0.717, 1.165) is 0 Å². The highest BCUT2D eigenvalue weighted by molar-refractivity contribution is 5.86. The zero-order valence-electron chi connectivity index (χ0n) is 10.5. The maximum atomic E-state index is 12.5. The molecule has 0 aromatic heterocycles. The molecular weight excluding hydrogens is 246 g/mol. The van der Waals surface area contributed by atoms with Crippen LogP contribution in [0.25, 0.3) is 0 Å². The monoisotopic (exact) mass is 262 g/mol. The molecule has 1 rings (SSSR count). The molecule has 0 radical (unpaired) electrons. The van der Waals surface area contributed by atoms with E-state index in [0.29, 0.717) is 0 Å². The summed E-state index contributed by atoms with van der Waals surface area (Å²) >= 11 is 0. The van der Waals surface area contributed by atoms with Crippen LogP contribution in [-0.2, 0) is 9.53 Å². The molecular formula is C11H16F2N2O3. The molecule has 0 spiro atoms. The van der Waals surface area contributed by atoms with Crippen LogP contribution in [0.5, 0.6) is 0 Å². The molecule has 2 unspecified atom stereocenters. The number of alkyl carbamates (subject to hydrolysis) is 1. The molecule has 7 heteroatoms. The van der Waals surface area contributed by atoms with Crippen molar-refractivity contribution in [2.45, 2.75) is 32.4 Å². The number of nitrogens with zero attached hydrogens (tertiary/aromatic N) is 1. The highest BCUT2D eigenvalue weighted by atomic mass is 19.3. The Labute approximate surface area is 104 Å². The molecule has 0 aromatic carbocycles. The number of methoxy groups -OCH3 is 1. The van der Waals surface area contributed by atoms with E-state index in [1.54, 1.807) is 6.92 Å². The Morgan fingerprint density at radius 1 is 1.50 bits per heavy atom. The summed E-state index contributed by atoms with van der Waals surface area (Å²) in [6, 6.07) is -1.10. The minimum absolute atomic E-state index is 0.0267. The number of carbonyl (C=O) groups excluding carboxylic acids is 2. The Hall–Kier alpha value is -1.66. The molecule has 2 atom stereocenters. The molecule has 2 amide bonds. The van der Waals surface area contributed by atoms with Gasteiger partial charge in [-0.2, -0.15) is 8.78 Å². The summed E-state index contributed by atoms with van der Waals surface area (Å²) in [6.07, 6.45) is -2.29. The molecule has 1 heterocycles. The third-order valence-corrected chi connectivity index (χ3v) is 2.88. The SMILES string of the molecule is COC(=O)NC(C)C(=O)N1CC(=C(F)F)CC1C. The first-order chi connectivity index (χ1) is 8.36. The number of amides is 2. The van der Waals surface area contributed by atoms with Crippen molar-refractivity contribution in [3.05, 3.63) is 11.7 Å². The van der Waals surface area contributed by atoms with E-state index in [4.69, 9.17) is 0 Å². The maximum absolute atomic E-state index is 12.5. The third kappa shape index (κ3) is 3.18. The lowest BCUT2D eigenvalue weighted by molar-refractivity contribution is -0.133. The lowest BCUT2D eigenvalue weighted by atomic mass is 10.2. The first-order valence-electron chi connectivity index (χ1n) is 5.54. The summed E-state index contributed by atoms with van der Waals surface area (Å²) in [7, 11) is 1.18. The molecule has 1 aliphatic heterocycles. The van der Waals surface area contributed by atoms with Crippen LogP contribution in [0.4, 0.5) is 13.6 Å². The van der Waals surface area contributed by atoms with Gasteiger partial charge in [-0.15, -0.1) is 0 Å². The molecule has 0 saturated carbocycles. The van der Waals surface area contributed by atoms with Crippen LogP contribution in [0.1, 0.15) is 20.3 Å². The molecule has 1 fully saturated rings. The average molecular weight is 262 g/mol. The molecule has 18 heavy (non-hydrogen) atoms. The van der Waals surface area contributed by atoms with Gasteiger partial charge in [0.2, 0.25) is 5.91 Å². The lowest BCUT2D eigenvalue weighted by Gasteiger charge is -2.24. The van der Waals surface area contributed by atoms with Gasteiger partial charge in [0.05, 0.1) is 7.11 Å². The van der Waals surface area contributed by atoms with Gasteiger partial charge in [-0.25, -0.2) is 4.79 Å². The number of nitrogens with one attached hydrogen (secondary N) is 1. The van der Waals surface area contributed by atoms with Crippen LogP contribution < -0.4 is 5.32 Å². The number of likely N-dealkylation sites (tertiary alicyclic amines) is 1. The van der Waals surface area contributed by atoms with Gasteiger partial charge in [-0.3, -0.25) is 4.79 Å². The number of hydrogen-bond acceptors (Lipinski definition) is 3. The normalized spacial score (nSPS) is 20.6. The van der Waals surface area contributed by atoms with E-state index in [1.807, 2.05) is 0 Å². The lowest BCUT2D eigenvalue weighted by Crippen LogP contribution is -2.48. The predicted molar refractivity (Wildman–Crippen MR) is 60.0 cm³/mol. The van der Waals surface area contributed by atoms with Crippen LogP contribution in [0.3, 0.4) is 0 Å². The number of rotatable bonds is 2. The van der Waals surface area contributed by atoms with Crippen molar-refractivity contribution in [1.29, 1.82) is 0 Å². The minimum atomic E-state index is -1.73. The zero-order valence-corrected chi connectivity index (χ0v) is 10.5. The third-order valence-electron chi connectivity index (χ3n) is 2.88. The standard InChI is InChI=1S/C11H16F2N2O3/c1-6-4-8(9(12)13)5-15(6)10(16)7(2)14-11(17)18-3/h6-7H,4-5H2,1-3H3,(H,14,17). The van der Waals surface area contributed by atoms with Gasteiger partial charge in [0.25, 0.3) is 6.08 Å². The van der Waals surface area contributed by atoms with Gasteiger partial charge in [0.15, 0.2) is 0 Å². The quantitative estimate of drug-likeness (QED) is 0.820. The van der Waals surface area contributed by atoms with Crippen molar-refractivity contribution in [3.63, 3.8) is 0 Å². The number of hydrogen-bond donors (Lipinski definition) is 1. The van der Waals surface area contributed by atoms with E-state index < -0.39 is 24.1 Å². The predicted octanol–water partition coefficient (Wildman–Crippen LogP) is 1.50. The summed E-state index contributed by atoms with van der Waals surface area (Å²) in [4.78, 5) is 24.3. The van der Waals surface area contributed by atoms with E-state index in [2.05, 4.69) is 10.1 Å². The summed E-state index contributed by atoms with van der Waals surface area (Å²) in [5.74, 6) is -0.399. The van der Waals surface area contributed by atoms with E-state index in [-0.39, 0.29) is 24.6 Å². The topological polar surface area (TPSA) is 58.6 Å².